The summed E-state index contributed by atoms with van der Waals surface area (Å²) in [6.07, 6.45) is 0.974. The number of amides is 1. The molecule has 2 heterocycles. The number of carbonyl (C=O) groups is 1. The van der Waals surface area contributed by atoms with Crippen molar-refractivity contribution in [1.29, 1.82) is 0 Å². The quantitative estimate of drug-likeness (QED) is 0.775. The van der Waals surface area contributed by atoms with Crippen LogP contribution in [0.25, 0.3) is 0 Å². The van der Waals surface area contributed by atoms with Crippen molar-refractivity contribution < 1.29 is 9.53 Å². The van der Waals surface area contributed by atoms with E-state index in [0.29, 0.717) is 12.0 Å². The fourth-order valence-corrected chi connectivity index (χ4v) is 3.23. The molecule has 1 N–H and O–H groups in total. The first-order chi connectivity index (χ1) is 8.81. The first-order valence-electron chi connectivity index (χ1n) is 7.17. The maximum atomic E-state index is 12.3. The predicted molar refractivity (Wildman–Crippen MR) is 75.2 cm³/mol. The number of hydrogen-bond donors (Lipinski definition) is 1. The third-order valence-corrected chi connectivity index (χ3v) is 4.15. The molecular weight excluding hydrogens is 242 g/mol. The van der Waals surface area contributed by atoms with E-state index in [1.807, 2.05) is 32.7 Å². The van der Waals surface area contributed by atoms with Gasteiger partial charge in [0.05, 0.1) is 6.04 Å². The van der Waals surface area contributed by atoms with Crippen LogP contribution in [0.5, 0.6) is 0 Å². The van der Waals surface area contributed by atoms with Crippen molar-refractivity contribution in [1.82, 2.24) is 15.1 Å². The molecule has 0 bridgehead atoms. The predicted octanol–water partition coefficient (Wildman–Crippen LogP) is 1.15. The van der Waals surface area contributed by atoms with Gasteiger partial charge in [0, 0.05) is 19.1 Å². The molecule has 0 aromatic carbocycles. The van der Waals surface area contributed by atoms with Crippen molar-refractivity contribution in [2.24, 2.45) is 5.92 Å². The van der Waals surface area contributed by atoms with E-state index in [0.717, 1.165) is 26.1 Å². The standard InChI is InChI=1S/C14H27N3O2/c1-14(2,3)19-13(18)17-8-11(15-4)10-6-7-16(5)9-12(10)17/h10-12,15H,6-9H2,1-5H3. The molecule has 19 heavy (non-hydrogen) atoms. The maximum absolute atomic E-state index is 12.3. The van der Waals surface area contributed by atoms with Crippen molar-refractivity contribution in [3.8, 4) is 0 Å². The Hall–Kier alpha value is -0.810. The molecule has 110 valence electrons. The SMILES string of the molecule is CNC1CN(C(=O)OC(C)(C)C)C2CN(C)CCC12. The summed E-state index contributed by atoms with van der Waals surface area (Å²) in [4.78, 5) is 16.6. The largest absolute Gasteiger partial charge is 0.444 e. The highest BCUT2D eigenvalue weighted by atomic mass is 16.6. The lowest BCUT2D eigenvalue weighted by Crippen LogP contribution is -2.50. The molecule has 0 saturated carbocycles. The van der Waals surface area contributed by atoms with E-state index in [1.54, 1.807) is 0 Å². The molecule has 2 aliphatic heterocycles. The molecule has 0 aliphatic carbocycles. The lowest BCUT2D eigenvalue weighted by Gasteiger charge is -2.37. The molecule has 0 spiro atoms. The van der Waals surface area contributed by atoms with Gasteiger partial charge in [-0.1, -0.05) is 0 Å². The first kappa shape index (κ1) is 14.6. The molecule has 5 nitrogen and oxygen atoms in total. The van der Waals surface area contributed by atoms with Crippen molar-refractivity contribution in [2.45, 2.75) is 44.9 Å². The van der Waals surface area contributed by atoms with Crippen LogP contribution in [0, 0.1) is 5.92 Å². The molecule has 1 amide bonds. The summed E-state index contributed by atoms with van der Waals surface area (Å²) in [7, 11) is 4.11. The van der Waals surface area contributed by atoms with E-state index < -0.39 is 5.60 Å². The van der Waals surface area contributed by atoms with Gasteiger partial charge in [-0.3, -0.25) is 0 Å². The van der Waals surface area contributed by atoms with Crippen molar-refractivity contribution in [2.75, 3.05) is 33.7 Å². The molecular formula is C14H27N3O2. The summed E-state index contributed by atoms with van der Waals surface area (Å²) < 4.78 is 5.54. The molecule has 2 fully saturated rings. The van der Waals surface area contributed by atoms with Crippen LogP contribution >= 0.6 is 0 Å². The summed E-state index contributed by atoms with van der Waals surface area (Å²) in [5, 5.41) is 3.36. The van der Waals surface area contributed by atoms with Crippen LogP contribution in [0.3, 0.4) is 0 Å². The Labute approximate surface area is 116 Å². The summed E-state index contributed by atoms with van der Waals surface area (Å²) in [6.45, 7) is 8.57. The van der Waals surface area contributed by atoms with Gasteiger partial charge < -0.3 is 19.9 Å². The Kier molecular flexibility index (Phi) is 4.06. The minimum atomic E-state index is -0.426. The number of nitrogens with one attached hydrogen (secondary N) is 1. The summed E-state index contributed by atoms with van der Waals surface area (Å²) in [5.41, 5.74) is -0.426. The van der Waals surface area contributed by atoms with E-state index in [1.165, 1.54) is 0 Å². The second kappa shape index (κ2) is 5.29. The van der Waals surface area contributed by atoms with Crippen LogP contribution < -0.4 is 5.32 Å². The van der Waals surface area contributed by atoms with E-state index in [-0.39, 0.29) is 12.1 Å². The number of nitrogens with zero attached hydrogens (tertiary/aromatic N) is 2. The number of rotatable bonds is 1. The third-order valence-electron chi connectivity index (χ3n) is 4.15. The molecule has 2 aliphatic rings. The van der Waals surface area contributed by atoms with Crippen molar-refractivity contribution >= 4 is 6.09 Å². The van der Waals surface area contributed by atoms with Crippen LogP contribution in [-0.4, -0.2) is 67.3 Å². The highest BCUT2D eigenvalue weighted by molar-refractivity contribution is 5.69. The summed E-state index contributed by atoms with van der Waals surface area (Å²) in [5.74, 6) is 0.550. The number of ether oxygens (including phenoxy) is 1. The number of likely N-dealkylation sites (N-methyl/N-ethyl adjacent to an activating group) is 2. The maximum Gasteiger partial charge on any atom is 0.410 e. The number of carbonyl (C=O) groups excluding carboxylic acids is 1. The molecule has 2 rings (SSSR count). The second-order valence-electron chi connectivity index (χ2n) is 6.81. The topological polar surface area (TPSA) is 44.8 Å². The Morgan fingerprint density at radius 1 is 1.32 bits per heavy atom. The fraction of sp³-hybridized carbons (Fsp3) is 0.929. The fourth-order valence-electron chi connectivity index (χ4n) is 3.23. The van der Waals surface area contributed by atoms with Crippen LogP contribution in [0.2, 0.25) is 0 Å². The molecule has 0 aromatic rings. The number of likely N-dealkylation sites (tertiary alicyclic amines) is 2. The molecule has 2 saturated heterocycles. The van der Waals surface area contributed by atoms with Gasteiger partial charge >= 0.3 is 6.09 Å². The Morgan fingerprint density at radius 3 is 2.58 bits per heavy atom. The molecule has 3 atom stereocenters. The van der Waals surface area contributed by atoms with Crippen LogP contribution in [0.1, 0.15) is 27.2 Å². The van der Waals surface area contributed by atoms with Crippen molar-refractivity contribution in [3.05, 3.63) is 0 Å². The minimum Gasteiger partial charge on any atom is -0.444 e. The average molecular weight is 269 g/mol. The van der Waals surface area contributed by atoms with Gasteiger partial charge in [-0.15, -0.1) is 0 Å². The van der Waals surface area contributed by atoms with E-state index in [9.17, 15) is 4.79 Å². The zero-order chi connectivity index (χ0) is 14.2. The lowest BCUT2D eigenvalue weighted by atomic mass is 9.89. The second-order valence-corrected chi connectivity index (χ2v) is 6.81. The number of fused-ring (bicyclic) bond motifs is 1. The summed E-state index contributed by atoms with van der Waals surface area (Å²) in [6, 6.07) is 0.678. The van der Waals surface area contributed by atoms with Gasteiger partial charge in [0.15, 0.2) is 0 Å². The monoisotopic (exact) mass is 269 g/mol. The Balaban J connectivity index is 2.09. The molecule has 0 radical (unpaired) electrons. The minimum absolute atomic E-state index is 0.171. The Morgan fingerprint density at radius 2 is 2.00 bits per heavy atom. The van der Waals surface area contributed by atoms with Crippen LogP contribution in [-0.2, 0) is 4.74 Å². The highest BCUT2D eigenvalue weighted by Gasteiger charge is 2.46. The highest BCUT2D eigenvalue weighted by Crippen LogP contribution is 2.32. The van der Waals surface area contributed by atoms with Crippen LogP contribution in [0.15, 0.2) is 0 Å². The smallest absolute Gasteiger partial charge is 0.410 e. The normalized spacial score (nSPS) is 32.3. The third kappa shape index (κ3) is 3.20. The molecule has 0 aromatic heterocycles. The van der Waals surface area contributed by atoms with E-state index in [4.69, 9.17) is 4.74 Å². The zero-order valence-corrected chi connectivity index (χ0v) is 12.8. The Bertz CT molecular complexity index is 340. The van der Waals surface area contributed by atoms with E-state index in [2.05, 4.69) is 17.3 Å². The molecule has 3 unspecified atom stereocenters. The van der Waals surface area contributed by atoms with Gasteiger partial charge in [-0.05, 0) is 53.8 Å². The lowest BCUT2D eigenvalue weighted by molar-refractivity contribution is 0.0143. The first-order valence-corrected chi connectivity index (χ1v) is 7.17. The van der Waals surface area contributed by atoms with Crippen molar-refractivity contribution in [3.63, 3.8) is 0 Å². The van der Waals surface area contributed by atoms with Gasteiger partial charge in [0.2, 0.25) is 0 Å². The van der Waals surface area contributed by atoms with Crippen LogP contribution in [0.4, 0.5) is 4.79 Å². The van der Waals surface area contributed by atoms with Gasteiger partial charge in [0.1, 0.15) is 5.60 Å². The summed E-state index contributed by atoms with van der Waals surface area (Å²) >= 11 is 0. The average Bonchev–Trinajstić information content (AvgIpc) is 2.64. The van der Waals surface area contributed by atoms with Gasteiger partial charge in [0.25, 0.3) is 0 Å². The van der Waals surface area contributed by atoms with Gasteiger partial charge in [-0.25, -0.2) is 4.79 Å². The zero-order valence-electron chi connectivity index (χ0n) is 12.8. The molecule has 5 heteroatoms. The number of piperidine rings is 1. The van der Waals surface area contributed by atoms with E-state index >= 15 is 0 Å². The van der Waals surface area contributed by atoms with Gasteiger partial charge in [-0.2, -0.15) is 0 Å². The number of hydrogen-bond acceptors (Lipinski definition) is 4.